The summed E-state index contributed by atoms with van der Waals surface area (Å²) in [6.45, 7) is 2.05. The molecule has 0 fully saturated rings. The van der Waals surface area contributed by atoms with E-state index in [9.17, 15) is 4.39 Å². The van der Waals surface area contributed by atoms with E-state index in [1.54, 1.807) is 24.5 Å². The van der Waals surface area contributed by atoms with Crippen molar-refractivity contribution in [3.8, 4) is 11.3 Å². The van der Waals surface area contributed by atoms with Gasteiger partial charge in [0, 0.05) is 29.9 Å². The largest absolute Gasteiger partial charge is 0.360 e. The first kappa shape index (κ1) is 12.5. The summed E-state index contributed by atoms with van der Waals surface area (Å²) in [5.74, 6) is 0.609. The Balaban J connectivity index is 1.89. The number of aromatic nitrogens is 2. The van der Waals surface area contributed by atoms with Gasteiger partial charge in [-0.05, 0) is 42.0 Å². The van der Waals surface area contributed by atoms with E-state index in [-0.39, 0.29) is 11.7 Å². The average molecular weight is 268 g/mol. The molecule has 4 heteroatoms. The van der Waals surface area contributed by atoms with Crippen molar-refractivity contribution in [2.45, 2.75) is 12.8 Å². The Bertz CT molecular complexity index is 692. The van der Waals surface area contributed by atoms with Crippen LogP contribution >= 0.6 is 0 Å². The van der Waals surface area contributed by atoms with Gasteiger partial charge < -0.3 is 4.52 Å². The van der Waals surface area contributed by atoms with E-state index in [4.69, 9.17) is 4.52 Å². The van der Waals surface area contributed by atoms with Gasteiger partial charge in [-0.2, -0.15) is 0 Å². The summed E-state index contributed by atoms with van der Waals surface area (Å²) < 4.78 is 18.3. The molecule has 2 heterocycles. The maximum absolute atomic E-state index is 12.9. The SMILES string of the molecule is CC(c1ccncc1)c1cc(-c2ccc(F)cc2)no1. The summed E-state index contributed by atoms with van der Waals surface area (Å²) in [7, 11) is 0. The van der Waals surface area contributed by atoms with E-state index in [0.717, 1.165) is 16.9 Å². The number of pyridine rings is 1. The Morgan fingerprint density at radius 3 is 2.45 bits per heavy atom. The molecule has 0 bridgehead atoms. The highest BCUT2D eigenvalue weighted by Crippen LogP contribution is 2.27. The summed E-state index contributed by atoms with van der Waals surface area (Å²) in [4.78, 5) is 4.00. The van der Waals surface area contributed by atoms with Crippen molar-refractivity contribution >= 4 is 0 Å². The highest BCUT2D eigenvalue weighted by Gasteiger charge is 2.15. The van der Waals surface area contributed by atoms with Crippen LogP contribution in [0.2, 0.25) is 0 Å². The Kier molecular flexibility index (Phi) is 3.29. The molecule has 2 aromatic heterocycles. The summed E-state index contributed by atoms with van der Waals surface area (Å²) in [6.07, 6.45) is 3.51. The maximum atomic E-state index is 12.9. The smallest absolute Gasteiger partial charge is 0.144 e. The van der Waals surface area contributed by atoms with Crippen LogP contribution in [-0.2, 0) is 0 Å². The van der Waals surface area contributed by atoms with Crippen LogP contribution < -0.4 is 0 Å². The average Bonchev–Trinajstić information content (AvgIpc) is 2.98. The first-order valence-electron chi connectivity index (χ1n) is 6.36. The second-order valence-corrected chi connectivity index (χ2v) is 4.62. The minimum Gasteiger partial charge on any atom is -0.360 e. The van der Waals surface area contributed by atoms with Crippen LogP contribution in [0.1, 0.15) is 24.2 Å². The zero-order valence-electron chi connectivity index (χ0n) is 11.0. The van der Waals surface area contributed by atoms with Crippen molar-refractivity contribution < 1.29 is 8.91 Å². The van der Waals surface area contributed by atoms with Gasteiger partial charge in [0.25, 0.3) is 0 Å². The molecule has 0 aliphatic rings. The fraction of sp³-hybridized carbons (Fsp3) is 0.125. The number of hydrogen-bond donors (Lipinski definition) is 0. The molecular formula is C16H13FN2O. The van der Waals surface area contributed by atoms with Crippen molar-refractivity contribution in [1.29, 1.82) is 0 Å². The maximum Gasteiger partial charge on any atom is 0.144 e. The third-order valence-corrected chi connectivity index (χ3v) is 3.30. The lowest BCUT2D eigenvalue weighted by Crippen LogP contribution is -1.93. The molecule has 3 aromatic rings. The van der Waals surface area contributed by atoms with Gasteiger partial charge in [-0.15, -0.1) is 0 Å². The van der Waals surface area contributed by atoms with Gasteiger partial charge >= 0.3 is 0 Å². The summed E-state index contributed by atoms with van der Waals surface area (Å²) >= 11 is 0. The fourth-order valence-corrected chi connectivity index (χ4v) is 2.07. The minimum absolute atomic E-state index is 0.0969. The van der Waals surface area contributed by atoms with E-state index in [0.29, 0.717) is 5.69 Å². The first-order chi connectivity index (χ1) is 9.74. The molecule has 3 rings (SSSR count). The topological polar surface area (TPSA) is 38.9 Å². The van der Waals surface area contributed by atoms with Gasteiger partial charge in [-0.1, -0.05) is 12.1 Å². The zero-order chi connectivity index (χ0) is 13.9. The molecule has 1 aromatic carbocycles. The lowest BCUT2D eigenvalue weighted by molar-refractivity contribution is 0.378. The molecule has 1 atom stereocenters. The fourth-order valence-electron chi connectivity index (χ4n) is 2.07. The molecule has 0 spiro atoms. The molecule has 0 aliphatic heterocycles. The van der Waals surface area contributed by atoms with Crippen molar-refractivity contribution in [2.75, 3.05) is 0 Å². The van der Waals surface area contributed by atoms with E-state index >= 15 is 0 Å². The summed E-state index contributed by atoms with van der Waals surface area (Å²) in [6, 6.07) is 12.0. The third kappa shape index (κ3) is 2.45. The van der Waals surface area contributed by atoms with Crippen LogP contribution in [0.4, 0.5) is 4.39 Å². The Morgan fingerprint density at radius 2 is 1.75 bits per heavy atom. The third-order valence-electron chi connectivity index (χ3n) is 3.30. The van der Waals surface area contributed by atoms with Gasteiger partial charge in [0.15, 0.2) is 0 Å². The van der Waals surface area contributed by atoms with Gasteiger partial charge in [-0.25, -0.2) is 4.39 Å². The molecule has 0 amide bonds. The standard InChI is InChI=1S/C16H13FN2O/c1-11(12-6-8-18-9-7-12)16-10-15(19-20-16)13-2-4-14(17)5-3-13/h2-11H,1H3. The van der Waals surface area contributed by atoms with Crippen LogP contribution in [0.5, 0.6) is 0 Å². The summed E-state index contributed by atoms with van der Waals surface area (Å²) in [5, 5.41) is 4.05. The first-order valence-corrected chi connectivity index (χ1v) is 6.36. The molecule has 0 saturated heterocycles. The van der Waals surface area contributed by atoms with E-state index in [1.807, 2.05) is 25.1 Å². The number of nitrogens with zero attached hydrogens (tertiary/aromatic N) is 2. The molecule has 100 valence electrons. The Labute approximate surface area is 116 Å². The van der Waals surface area contributed by atoms with Gasteiger partial charge in [0.05, 0.1) is 0 Å². The Morgan fingerprint density at radius 1 is 1.05 bits per heavy atom. The van der Waals surface area contributed by atoms with Gasteiger partial charge in [0.1, 0.15) is 17.3 Å². The molecule has 0 N–H and O–H groups in total. The minimum atomic E-state index is -0.261. The van der Waals surface area contributed by atoms with Crippen molar-refractivity contribution in [2.24, 2.45) is 0 Å². The Hall–Kier alpha value is -2.49. The van der Waals surface area contributed by atoms with Crippen LogP contribution in [0.25, 0.3) is 11.3 Å². The second kappa shape index (κ2) is 5.25. The van der Waals surface area contributed by atoms with Gasteiger partial charge in [0.2, 0.25) is 0 Å². The normalized spacial score (nSPS) is 12.3. The molecule has 0 saturated carbocycles. The zero-order valence-corrected chi connectivity index (χ0v) is 11.0. The number of benzene rings is 1. The number of halogens is 1. The molecule has 0 aliphatic carbocycles. The number of rotatable bonds is 3. The van der Waals surface area contributed by atoms with Gasteiger partial charge in [-0.3, -0.25) is 4.98 Å². The molecule has 3 nitrogen and oxygen atoms in total. The van der Waals surface area contributed by atoms with Crippen LogP contribution in [0.15, 0.2) is 59.4 Å². The number of hydrogen-bond acceptors (Lipinski definition) is 3. The monoisotopic (exact) mass is 268 g/mol. The van der Waals surface area contributed by atoms with Crippen molar-refractivity contribution in [3.63, 3.8) is 0 Å². The highest BCUT2D eigenvalue weighted by atomic mass is 19.1. The molecular weight excluding hydrogens is 255 g/mol. The predicted molar refractivity (Wildman–Crippen MR) is 73.7 cm³/mol. The highest BCUT2D eigenvalue weighted by molar-refractivity contribution is 5.58. The van der Waals surface area contributed by atoms with E-state index in [2.05, 4.69) is 10.1 Å². The van der Waals surface area contributed by atoms with E-state index in [1.165, 1.54) is 12.1 Å². The lowest BCUT2D eigenvalue weighted by Gasteiger charge is -2.06. The predicted octanol–water partition coefficient (Wildman–Crippen LogP) is 4.03. The van der Waals surface area contributed by atoms with Crippen molar-refractivity contribution in [1.82, 2.24) is 10.1 Å². The second-order valence-electron chi connectivity index (χ2n) is 4.62. The quantitative estimate of drug-likeness (QED) is 0.720. The van der Waals surface area contributed by atoms with Crippen LogP contribution in [0, 0.1) is 5.82 Å². The molecule has 20 heavy (non-hydrogen) atoms. The summed E-state index contributed by atoms with van der Waals surface area (Å²) in [5.41, 5.74) is 2.66. The lowest BCUT2D eigenvalue weighted by atomic mass is 9.99. The van der Waals surface area contributed by atoms with Crippen LogP contribution in [0.3, 0.4) is 0 Å². The molecule has 1 unspecified atom stereocenters. The van der Waals surface area contributed by atoms with Crippen molar-refractivity contribution in [3.05, 3.63) is 72.0 Å². The van der Waals surface area contributed by atoms with Crippen LogP contribution in [-0.4, -0.2) is 10.1 Å². The van der Waals surface area contributed by atoms with E-state index < -0.39 is 0 Å². The molecule has 0 radical (unpaired) electrons.